The molecule has 0 radical (unpaired) electrons. The zero-order valence-electron chi connectivity index (χ0n) is 17.2. The number of carbonyl (C=O) groups is 1. The largest absolute Gasteiger partial charge is 0.385 e. The van der Waals surface area contributed by atoms with Crippen molar-refractivity contribution in [2.75, 3.05) is 33.4 Å². The maximum Gasteiger partial charge on any atom is 0.243 e. The highest BCUT2D eigenvalue weighted by Gasteiger charge is 2.26. The summed E-state index contributed by atoms with van der Waals surface area (Å²) < 4.78 is 34.3. The summed E-state index contributed by atoms with van der Waals surface area (Å²) in [7, 11) is 0.0364. The highest BCUT2D eigenvalue weighted by molar-refractivity contribution is 7.89. The number of ether oxygens (including phenoxy) is 1. The van der Waals surface area contributed by atoms with Crippen molar-refractivity contribution in [2.24, 2.45) is 7.05 Å². The van der Waals surface area contributed by atoms with Crippen LogP contribution in [0.4, 0.5) is 0 Å². The van der Waals surface area contributed by atoms with E-state index >= 15 is 0 Å². The molecule has 1 aliphatic heterocycles. The molecule has 160 valence electrons. The summed E-state index contributed by atoms with van der Waals surface area (Å²) in [5, 5.41) is 2.87. The van der Waals surface area contributed by atoms with Gasteiger partial charge in [-0.05, 0) is 37.5 Å². The molecule has 1 fully saturated rings. The van der Waals surface area contributed by atoms with Gasteiger partial charge >= 0.3 is 0 Å². The molecule has 1 aliphatic rings. The van der Waals surface area contributed by atoms with E-state index in [0.29, 0.717) is 44.6 Å². The smallest absolute Gasteiger partial charge is 0.243 e. The number of carbonyl (C=O) groups excluding carboxylic acids is 1. The fourth-order valence-corrected chi connectivity index (χ4v) is 5.16. The van der Waals surface area contributed by atoms with Gasteiger partial charge in [-0.3, -0.25) is 4.79 Å². The van der Waals surface area contributed by atoms with E-state index in [1.165, 1.54) is 0 Å². The number of rotatable bonds is 9. The molecule has 2 aromatic rings. The molecular formula is C20H30N4O4S. The van der Waals surface area contributed by atoms with Gasteiger partial charge in [-0.1, -0.05) is 6.42 Å². The van der Waals surface area contributed by atoms with Crippen LogP contribution in [0, 0.1) is 0 Å². The van der Waals surface area contributed by atoms with Crippen LogP contribution in [0.2, 0.25) is 0 Å². The number of hydrogen-bond acceptors (Lipinski definition) is 5. The molecular weight excluding hydrogens is 392 g/mol. The Balaban J connectivity index is 1.70. The van der Waals surface area contributed by atoms with E-state index < -0.39 is 10.0 Å². The summed E-state index contributed by atoms with van der Waals surface area (Å²) >= 11 is 0. The van der Waals surface area contributed by atoms with Crippen molar-refractivity contribution >= 4 is 27.0 Å². The summed E-state index contributed by atoms with van der Waals surface area (Å²) in [4.78, 5) is 16.9. The maximum absolute atomic E-state index is 12.9. The van der Waals surface area contributed by atoms with Crippen molar-refractivity contribution in [3.8, 4) is 0 Å². The fourth-order valence-electron chi connectivity index (χ4n) is 3.63. The van der Waals surface area contributed by atoms with E-state index in [0.717, 1.165) is 37.0 Å². The predicted octanol–water partition coefficient (Wildman–Crippen LogP) is 1.83. The minimum Gasteiger partial charge on any atom is -0.385 e. The first-order valence-electron chi connectivity index (χ1n) is 10.1. The number of nitrogens with zero attached hydrogens (tertiary/aromatic N) is 3. The molecule has 1 aromatic heterocycles. The fraction of sp³-hybridized carbons (Fsp3) is 0.600. The Kier molecular flexibility index (Phi) is 7.26. The number of aromatic nitrogens is 2. The SMILES string of the molecule is COCCCNC(=O)CCc1nc2cc(S(=O)(=O)N3CCCCC3)ccc2n1C. The topological polar surface area (TPSA) is 93.5 Å². The summed E-state index contributed by atoms with van der Waals surface area (Å²) in [6.07, 6.45) is 4.50. The number of sulfonamides is 1. The van der Waals surface area contributed by atoms with Crippen molar-refractivity contribution in [1.82, 2.24) is 19.2 Å². The van der Waals surface area contributed by atoms with Crippen LogP contribution in [0.25, 0.3) is 11.0 Å². The number of nitrogens with one attached hydrogen (secondary N) is 1. The van der Waals surface area contributed by atoms with Gasteiger partial charge in [-0.2, -0.15) is 4.31 Å². The first-order valence-corrected chi connectivity index (χ1v) is 11.6. The minimum absolute atomic E-state index is 0.0264. The summed E-state index contributed by atoms with van der Waals surface area (Å²) in [5.41, 5.74) is 1.50. The van der Waals surface area contributed by atoms with Crippen LogP contribution >= 0.6 is 0 Å². The molecule has 2 heterocycles. The van der Waals surface area contributed by atoms with Crippen molar-refractivity contribution in [3.63, 3.8) is 0 Å². The highest BCUT2D eigenvalue weighted by atomic mass is 32.2. The van der Waals surface area contributed by atoms with Gasteiger partial charge in [0.15, 0.2) is 0 Å². The lowest BCUT2D eigenvalue weighted by atomic mass is 10.2. The molecule has 0 aliphatic carbocycles. The number of piperidine rings is 1. The van der Waals surface area contributed by atoms with E-state index in [4.69, 9.17) is 4.74 Å². The number of imidazole rings is 1. The normalized spacial score (nSPS) is 15.7. The van der Waals surface area contributed by atoms with Crippen LogP contribution in [0.5, 0.6) is 0 Å². The zero-order valence-corrected chi connectivity index (χ0v) is 18.0. The molecule has 0 unspecified atom stereocenters. The van der Waals surface area contributed by atoms with Crippen LogP contribution in [0.3, 0.4) is 0 Å². The van der Waals surface area contributed by atoms with Crippen LogP contribution in [0.15, 0.2) is 23.1 Å². The van der Waals surface area contributed by atoms with Crippen molar-refractivity contribution < 1.29 is 17.9 Å². The molecule has 8 nitrogen and oxygen atoms in total. The molecule has 1 saturated heterocycles. The summed E-state index contributed by atoms with van der Waals surface area (Å²) in [5.74, 6) is 0.737. The Labute approximate surface area is 172 Å². The van der Waals surface area contributed by atoms with Crippen LogP contribution < -0.4 is 5.32 Å². The van der Waals surface area contributed by atoms with Gasteiger partial charge in [0.05, 0.1) is 15.9 Å². The second-order valence-electron chi connectivity index (χ2n) is 7.40. The molecule has 1 amide bonds. The Hall–Kier alpha value is -1.97. The second-order valence-corrected chi connectivity index (χ2v) is 9.34. The lowest BCUT2D eigenvalue weighted by Crippen LogP contribution is -2.35. The van der Waals surface area contributed by atoms with E-state index in [2.05, 4.69) is 10.3 Å². The Morgan fingerprint density at radius 1 is 1.24 bits per heavy atom. The Morgan fingerprint density at radius 2 is 2.00 bits per heavy atom. The Morgan fingerprint density at radius 3 is 2.72 bits per heavy atom. The predicted molar refractivity (Wildman–Crippen MR) is 111 cm³/mol. The number of methoxy groups -OCH3 is 1. The number of hydrogen-bond donors (Lipinski definition) is 1. The van der Waals surface area contributed by atoms with E-state index in [1.54, 1.807) is 29.6 Å². The third-order valence-electron chi connectivity index (χ3n) is 5.32. The monoisotopic (exact) mass is 422 g/mol. The van der Waals surface area contributed by atoms with Gasteiger partial charge in [-0.15, -0.1) is 0 Å². The van der Waals surface area contributed by atoms with Crippen molar-refractivity contribution in [2.45, 2.75) is 43.4 Å². The van der Waals surface area contributed by atoms with Crippen LogP contribution in [-0.4, -0.2) is 61.5 Å². The molecule has 0 bridgehead atoms. The number of amides is 1. The molecule has 3 rings (SSSR count). The van der Waals surface area contributed by atoms with E-state index in [9.17, 15) is 13.2 Å². The molecule has 9 heteroatoms. The lowest BCUT2D eigenvalue weighted by molar-refractivity contribution is -0.121. The third kappa shape index (κ3) is 5.15. The molecule has 29 heavy (non-hydrogen) atoms. The van der Waals surface area contributed by atoms with Crippen LogP contribution in [0.1, 0.15) is 37.9 Å². The highest BCUT2D eigenvalue weighted by Crippen LogP contribution is 2.24. The average Bonchev–Trinajstić information content (AvgIpc) is 3.05. The quantitative estimate of drug-likeness (QED) is 0.623. The first kappa shape index (κ1) is 21.7. The van der Waals surface area contributed by atoms with Crippen molar-refractivity contribution in [1.29, 1.82) is 0 Å². The van der Waals surface area contributed by atoms with Gasteiger partial charge in [0, 0.05) is 53.2 Å². The second kappa shape index (κ2) is 9.69. The number of fused-ring (bicyclic) bond motifs is 1. The standard InChI is InChI=1S/C20H30N4O4S/c1-23-18-8-7-16(29(26,27)24-12-4-3-5-13-24)15-17(18)22-19(23)9-10-20(25)21-11-6-14-28-2/h7-8,15H,3-6,9-14H2,1-2H3,(H,21,25). The van der Waals surface area contributed by atoms with E-state index in [1.807, 2.05) is 11.6 Å². The lowest BCUT2D eigenvalue weighted by Gasteiger charge is -2.25. The number of benzene rings is 1. The van der Waals surface area contributed by atoms with Gasteiger partial charge in [0.1, 0.15) is 5.82 Å². The average molecular weight is 423 g/mol. The van der Waals surface area contributed by atoms with Crippen molar-refractivity contribution in [3.05, 3.63) is 24.0 Å². The van der Waals surface area contributed by atoms with Gasteiger partial charge in [0.25, 0.3) is 0 Å². The Bertz CT molecular complexity index is 949. The van der Waals surface area contributed by atoms with Gasteiger partial charge < -0.3 is 14.6 Å². The number of aryl methyl sites for hydroxylation is 2. The molecule has 0 atom stereocenters. The third-order valence-corrected chi connectivity index (χ3v) is 7.22. The summed E-state index contributed by atoms with van der Waals surface area (Å²) in [6.45, 7) is 2.36. The van der Waals surface area contributed by atoms with Gasteiger partial charge in [-0.25, -0.2) is 13.4 Å². The zero-order chi connectivity index (χ0) is 20.9. The molecule has 0 spiro atoms. The molecule has 1 aromatic carbocycles. The molecule has 1 N–H and O–H groups in total. The van der Waals surface area contributed by atoms with Gasteiger partial charge in [0.2, 0.25) is 15.9 Å². The minimum atomic E-state index is -3.49. The maximum atomic E-state index is 12.9. The first-order chi connectivity index (χ1) is 13.9. The van der Waals surface area contributed by atoms with Crippen LogP contribution in [-0.2, 0) is 33.0 Å². The molecule has 0 saturated carbocycles. The summed E-state index contributed by atoms with van der Waals surface area (Å²) in [6, 6.07) is 5.10. The van der Waals surface area contributed by atoms with E-state index in [-0.39, 0.29) is 10.8 Å².